The average Bonchev–Trinajstić information content (AvgIpc) is 3.01. The van der Waals surface area contributed by atoms with Gasteiger partial charge in [0.05, 0.1) is 10.7 Å². The molecule has 2 unspecified atom stereocenters. The van der Waals surface area contributed by atoms with Gasteiger partial charge in [0.2, 0.25) is 0 Å². The molecule has 2 atom stereocenters. The maximum Gasteiger partial charge on any atom is 0.346 e. The number of benzene rings is 2. The maximum absolute atomic E-state index is 13.3. The number of carboxylic acids is 1. The normalized spacial score (nSPS) is 22.0. The summed E-state index contributed by atoms with van der Waals surface area (Å²) in [6.45, 7) is 1.88. The van der Waals surface area contributed by atoms with Gasteiger partial charge in [0, 0.05) is 16.6 Å². The number of hydrogen-bond acceptors (Lipinski definition) is 6. The lowest BCUT2D eigenvalue weighted by Gasteiger charge is -2.37. The minimum atomic E-state index is -1.46. The monoisotopic (exact) mass is 367 g/mol. The molecule has 2 aromatic carbocycles. The van der Waals surface area contributed by atoms with Gasteiger partial charge < -0.3 is 22.3 Å². The van der Waals surface area contributed by atoms with E-state index < -0.39 is 23.3 Å². The zero-order valence-electron chi connectivity index (χ0n) is 13.9. The number of hydrogen-bond donors (Lipinski definition) is 4. The second kappa shape index (κ2) is 5.38. The summed E-state index contributed by atoms with van der Waals surface area (Å²) in [5.74, 6) is -1.55. The molecule has 3 aromatic rings. The van der Waals surface area contributed by atoms with Crippen molar-refractivity contribution in [1.29, 1.82) is 0 Å². The zero-order chi connectivity index (χ0) is 18.8. The van der Waals surface area contributed by atoms with Crippen molar-refractivity contribution in [1.82, 2.24) is 0 Å². The van der Waals surface area contributed by atoms with Gasteiger partial charge in [-0.25, -0.2) is 4.79 Å². The van der Waals surface area contributed by atoms with Gasteiger partial charge in [0.25, 0.3) is 0 Å². The van der Waals surface area contributed by atoms with Crippen LogP contribution >= 0.6 is 11.3 Å². The molecule has 7 heteroatoms. The number of carbonyl (C=O) groups excluding carboxylic acids is 1. The number of aromatic carboxylic acids is 1. The molecule has 0 radical (unpaired) electrons. The predicted molar refractivity (Wildman–Crippen MR) is 101 cm³/mol. The molecule has 0 saturated carbocycles. The van der Waals surface area contributed by atoms with Crippen LogP contribution in [0.4, 0.5) is 5.69 Å². The maximum atomic E-state index is 13.3. The Hall–Kier alpha value is -2.74. The Morgan fingerprint density at radius 2 is 1.88 bits per heavy atom. The highest BCUT2D eigenvalue weighted by Crippen LogP contribution is 2.49. The molecule has 7 N–H and O–H groups in total. The molecule has 0 bridgehead atoms. The van der Waals surface area contributed by atoms with Gasteiger partial charge in [-0.1, -0.05) is 30.3 Å². The van der Waals surface area contributed by atoms with Gasteiger partial charge >= 0.3 is 5.97 Å². The smallest absolute Gasteiger partial charge is 0.346 e. The van der Waals surface area contributed by atoms with Crippen LogP contribution in [-0.4, -0.2) is 16.9 Å². The number of aryl methyl sites for hydroxylation is 1. The number of carboxylic acid groups (broad SMARTS) is 1. The highest BCUT2D eigenvalue weighted by atomic mass is 32.1. The number of carbonyl (C=O) groups is 2. The Bertz CT molecular complexity index is 1100. The van der Waals surface area contributed by atoms with Crippen LogP contribution in [-0.2, 0) is 10.3 Å². The zero-order valence-corrected chi connectivity index (χ0v) is 14.8. The van der Waals surface area contributed by atoms with E-state index in [1.807, 2.05) is 25.1 Å². The summed E-state index contributed by atoms with van der Waals surface area (Å²) in [7, 11) is 0. The summed E-state index contributed by atoms with van der Waals surface area (Å²) in [6, 6.07) is 9.60. The second-order valence-corrected chi connectivity index (χ2v) is 7.54. The van der Waals surface area contributed by atoms with Crippen LogP contribution in [0.1, 0.15) is 38.0 Å². The number of nitrogen functional groups attached to an aromatic ring is 1. The standard InChI is InChI=1S/C19H17N3O3S/c1-8-4-2-3-5-9(8)19(22)10-6-7-11(20)15-12(10)13(14(21)17(19)23)16(26-15)18(24)25/h2-7,14H,20-22H2,1H3,(H,24,25). The van der Waals surface area contributed by atoms with E-state index in [1.165, 1.54) is 0 Å². The van der Waals surface area contributed by atoms with E-state index in [4.69, 9.17) is 17.2 Å². The number of anilines is 1. The molecule has 1 aliphatic rings. The van der Waals surface area contributed by atoms with Gasteiger partial charge in [0.1, 0.15) is 10.4 Å². The number of nitrogens with two attached hydrogens (primary N) is 3. The van der Waals surface area contributed by atoms with Gasteiger partial charge in [0.15, 0.2) is 5.78 Å². The lowest BCUT2D eigenvalue weighted by atomic mass is 9.69. The Morgan fingerprint density at radius 3 is 2.54 bits per heavy atom. The first-order valence-corrected chi connectivity index (χ1v) is 8.83. The number of Topliss-reactive ketones (excluding diaryl/α,β-unsaturated/α-hetero) is 1. The van der Waals surface area contributed by atoms with Gasteiger partial charge in [-0.15, -0.1) is 11.3 Å². The summed E-state index contributed by atoms with van der Waals surface area (Å²) in [4.78, 5) is 25.0. The third-order valence-corrected chi connectivity index (χ3v) is 6.32. The van der Waals surface area contributed by atoms with Crippen LogP contribution in [0.5, 0.6) is 0 Å². The molecule has 1 heterocycles. The molecule has 4 rings (SSSR count). The largest absolute Gasteiger partial charge is 0.477 e. The Morgan fingerprint density at radius 1 is 1.19 bits per heavy atom. The van der Waals surface area contributed by atoms with Crippen LogP contribution in [0.2, 0.25) is 0 Å². The molecule has 0 fully saturated rings. The first kappa shape index (κ1) is 16.7. The molecular weight excluding hydrogens is 350 g/mol. The minimum absolute atomic E-state index is 0.0341. The van der Waals surface area contributed by atoms with Crippen LogP contribution in [0, 0.1) is 6.92 Å². The van der Waals surface area contributed by atoms with Crippen molar-refractivity contribution in [3.05, 3.63) is 63.5 Å². The third kappa shape index (κ3) is 1.93. The van der Waals surface area contributed by atoms with E-state index in [0.29, 0.717) is 32.5 Å². The van der Waals surface area contributed by atoms with Gasteiger partial charge in [-0.3, -0.25) is 4.79 Å². The summed E-state index contributed by atoms with van der Waals surface area (Å²) >= 11 is 1.03. The fraction of sp³-hybridized carbons (Fsp3) is 0.158. The lowest BCUT2D eigenvalue weighted by molar-refractivity contribution is -0.124. The fourth-order valence-corrected chi connectivity index (χ4v) is 4.97. The van der Waals surface area contributed by atoms with Crippen LogP contribution < -0.4 is 17.2 Å². The predicted octanol–water partition coefficient (Wildman–Crippen LogP) is 2.27. The number of thiophene rings is 1. The van der Waals surface area contributed by atoms with Crippen molar-refractivity contribution >= 4 is 38.9 Å². The Balaban J connectivity index is 2.18. The SMILES string of the molecule is Cc1ccccc1C1(N)C(=O)C(N)c2c(C(=O)O)sc3c(N)ccc1c23. The molecular formula is C19H17N3O3S. The summed E-state index contributed by atoms with van der Waals surface area (Å²) in [5.41, 5.74) is 20.3. The first-order chi connectivity index (χ1) is 12.3. The van der Waals surface area contributed by atoms with Crippen molar-refractivity contribution in [2.75, 3.05) is 5.73 Å². The number of rotatable bonds is 2. The molecule has 0 saturated heterocycles. The third-order valence-electron chi connectivity index (χ3n) is 5.08. The van der Waals surface area contributed by atoms with Crippen LogP contribution in [0.3, 0.4) is 0 Å². The van der Waals surface area contributed by atoms with E-state index >= 15 is 0 Å². The van der Waals surface area contributed by atoms with E-state index in [-0.39, 0.29) is 4.88 Å². The lowest BCUT2D eigenvalue weighted by Crippen LogP contribution is -2.52. The van der Waals surface area contributed by atoms with Gasteiger partial charge in [-0.05, 0) is 29.7 Å². The Kier molecular flexibility index (Phi) is 3.46. The van der Waals surface area contributed by atoms with Crippen LogP contribution in [0.15, 0.2) is 36.4 Å². The fourth-order valence-electron chi connectivity index (χ4n) is 3.83. The van der Waals surface area contributed by atoms with Crippen LogP contribution in [0.25, 0.3) is 10.1 Å². The van der Waals surface area contributed by atoms with E-state index in [9.17, 15) is 14.7 Å². The molecule has 1 aliphatic carbocycles. The minimum Gasteiger partial charge on any atom is -0.477 e. The van der Waals surface area contributed by atoms with E-state index in [2.05, 4.69) is 0 Å². The van der Waals surface area contributed by atoms with E-state index in [0.717, 1.165) is 16.9 Å². The van der Waals surface area contributed by atoms with Crippen molar-refractivity contribution in [2.45, 2.75) is 18.5 Å². The molecule has 132 valence electrons. The topological polar surface area (TPSA) is 132 Å². The highest BCUT2D eigenvalue weighted by molar-refractivity contribution is 7.21. The molecule has 0 spiro atoms. The summed E-state index contributed by atoms with van der Waals surface area (Å²) < 4.78 is 0.598. The van der Waals surface area contributed by atoms with Crippen molar-refractivity contribution in [3.8, 4) is 0 Å². The molecule has 0 aliphatic heterocycles. The molecule has 1 aromatic heterocycles. The molecule has 0 amide bonds. The van der Waals surface area contributed by atoms with Crippen molar-refractivity contribution < 1.29 is 14.7 Å². The first-order valence-electron chi connectivity index (χ1n) is 8.02. The summed E-state index contributed by atoms with van der Waals surface area (Å²) in [6.07, 6.45) is 0. The van der Waals surface area contributed by atoms with E-state index in [1.54, 1.807) is 18.2 Å². The number of ketones is 1. The Labute approximate surface area is 153 Å². The molecule has 26 heavy (non-hydrogen) atoms. The molecule has 6 nitrogen and oxygen atoms in total. The van der Waals surface area contributed by atoms with Gasteiger partial charge in [-0.2, -0.15) is 0 Å². The van der Waals surface area contributed by atoms with Crippen molar-refractivity contribution in [3.63, 3.8) is 0 Å². The quantitative estimate of drug-likeness (QED) is 0.514. The van der Waals surface area contributed by atoms with Crippen molar-refractivity contribution in [2.24, 2.45) is 11.5 Å². The second-order valence-electron chi connectivity index (χ2n) is 6.52. The average molecular weight is 367 g/mol. The highest BCUT2D eigenvalue weighted by Gasteiger charge is 2.49. The summed E-state index contributed by atoms with van der Waals surface area (Å²) in [5, 5.41) is 10.2.